The van der Waals surface area contributed by atoms with Crippen molar-refractivity contribution in [2.75, 3.05) is 7.11 Å². The van der Waals surface area contributed by atoms with Crippen LogP contribution in [0.3, 0.4) is 0 Å². The van der Waals surface area contributed by atoms with E-state index < -0.39 is 17.3 Å². The first-order valence-electron chi connectivity index (χ1n) is 5.57. The summed E-state index contributed by atoms with van der Waals surface area (Å²) in [6.45, 7) is 1.95. The Morgan fingerprint density at radius 1 is 1.28 bits per heavy atom. The van der Waals surface area contributed by atoms with Gasteiger partial charge in [0.2, 0.25) is 0 Å². The molecule has 1 fully saturated rings. The van der Waals surface area contributed by atoms with Crippen molar-refractivity contribution in [2.45, 2.75) is 12.8 Å². The SMILES string of the molecule is COC(=O)[C@@H]1[C@H](c2ccc(C)cc2)C1(C#N)C#N. The first kappa shape index (κ1) is 12.1. The molecule has 4 heteroatoms. The number of rotatable bonds is 2. The molecule has 0 saturated heterocycles. The van der Waals surface area contributed by atoms with Gasteiger partial charge >= 0.3 is 5.97 Å². The van der Waals surface area contributed by atoms with Crippen LogP contribution in [-0.2, 0) is 9.53 Å². The lowest BCUT2D eigenvalue weighted by Gasteiger charge is -2.00. The van der Waals surface area contributed by atoms with Crippen LogP contribution in [-0.4, -0.2) is 13.1 Å². The molecule has 1 aromatic rings. The average molecular weight is 240 g/mol. The van der Waals surface area contributed by atoms with Crippen LogP contribution in [0, 0.1) is 40.9 Å². The van der Waals surface area contributed by atoms with Gasteiger partial charge in [-0.25, -0.2) is 0 Å². The molecule has 18 heavy (non-hydrogen) atoms. The molecule has 4 nitrogen and oxygen atoms in total. The molecular weight excluding hydrogens is 228 g/mol. The fourth-order valence-electron chi connectivity index (χ4n) is 2.37. The van der Waals surface area contributed by atoms with Crippen molar-refractivity contribution in [3.05, 3.63) is 35.4 Å². The molecule has 2 atom stereocenters. The van der Waals surface area contributed by atoms with Gasteiger partial charge < -0.3 is 4.74 Å². The molecule has 0 aromatic heterocycles. The van der Waals surface area contributed by atoms with Gasteiger partial charge in [0, 0.05) is 5.92 Å². The lowest BCUT2D eigenvalue weighted by Crippen LogP contribution is -2.09. The van der Waals surface area contributed by atoms with E-state index in [1.807, 2.05) is 43.3 Å². The number of benzene rings is 1. The van der Waals surface area contributed by atoms with Gasteiger partial charge in [-0.15, -0.1) is 0 Å². The van der Waals surface area contributed by atoms with E-state index in [1.54, 1.807) is 0 Å². The van der Waals surface area contributed by atoms with Gasteiger partial charge in [-0.1, -0.05) is 29.8 Å². The second-order valence-electron chi connectivity index (χ2n) is 4.48. The van der Waals surface area contributed by atoms with E-state index in [4.69, 9.17) is 0 Å². The zero-order valence-electron chi connectivity index (χ0n) is 10.2. The monoisotopic (exact) mass is 240 g/mol. The predicted octanol–water partition coefficient (Wildman–Crippen LogP) is 1.91. The van der Waals surface area contributed by atoms with Gasteiger partial charge in [0.15, 0.2) is 5.41 Å². The van der Waals surface area contributed by atoms with E-state index in [0.29, 0.717) is 0 Å². The largest absolute Gasteiger partial charge is 0.469 e. The minimum Gasteiger partial charge on any atom is -0.469 e. The molecular formula is C14H12N2O2. The summed E-state index contributed by atoms with van der Waals surface area (Å²) in [4.78, 5) is 11.6. The fraction of sp³-hybridized carbons (Fsp3) is 0.357. The third-order valence-corrected chi connectivity index (χ3v) is 3.47. The number of ether oxygens (including phenoxy) is 1. The number of aryl methyl sites for hydroxylation is 1. The Labute approximate surface area is 105 Å². The van der Waals surface area contributed by atoms with Crippen molar-refractivity contribution in [2.24, 2.45) is 11.3 Å². The smallest absolute Gasteiger partial charge is 0.312 e. The molecule has 0 radical (unpaired) electrons. The summed E-state index contributed by atoms with van der Waals surface area (Å²) in [6, 6.07) is 11.5. The van der Waals surface area contributed by atoms with Gasteiger partial charge in [0.1, 0.15) is 0 Å². The third-order valence-electron chi connectivity index (χ3n) is 3.47. The Kier molecular flexibility index (Phi) is 2.80. The summed E-state index contributed by atoms with van der Waals surface area (Å²) in [6.07, 6.45) is 0. The maximum absolute atomic E-state index is 11.6. The standard InChI is InChI=1S/C14H12N2O2/c1-9-3-5-10(6-4-9)11-12(13(17)18-2)14(11,7-15)8-16/h3-6,11-12H,1-2H3/t11-,12-/m0/s1. The van der Waals surface area contributed by atoms with E-state index in [-0.39, 0.29) is 5.92 Å². The zero-order valence-corrected chi connectivity index (χ0v) is 10.2. The van der Waals surface area contributed by atoms with Gasteiger partial charge in [-0.3, -0.25) is 4.79 Å². The molecule has 0 bridgehead atoms. The number of methoxy groups -OCH3 is 1. The van der Waals surface area contributed by atoms with Crippen molar-refractivity contribution in [1.82, 2.24) is 0 Å². The quantitative estimate of drug-likeness (QED) is 0.740. The molecule has 90 valence electrons. The Morgan fingerprint density at radius 2 is 1.83 bits per heavy atom. The van der Waals surface area contributed by atoms with Crippen LogP contribution < -0.4 is 0 Å². The number of nitrogens with zero attached hydrogens (tertiary/aromatic N) is 2. The number of carbonyl (C=O) groups excluding carboxylic acids is 1. The molecule has 1 aliphatic carbocycles. The molecule has 1 saturated carbocycles. The van der Waals surface area contributed by atoms with Crippen LogP contribution in [0.4, 0.5) is 0 Å². The van der Waals surface area contributed by atoms with Gasteiger partial charge in [0.05, 0.1) is 25.2 Å². The van der Waals surface area contributed by atoms with Crippen molar-refractivity contribution >= 4 is 5.97 Å². The summed E-state index contributed by atoms with van der Waals surface area (Å²) in [7, 11) is 1.27. The topological polar surface area (TPSA) is 73.9 Å². The first-order valence-corrected chi connectivity index (χ1v) is 5.57. The van der Waals surface area contributed by atoms with Crippen molar-refractivity contribution in [3.63, 3.8) is 0 Å². The summed E-state index contributed by atoms with van der Waals surface area (Å²) >= 11 is 0. The highest BCUT2D eigenvalue weighted by atomic mass is 16.5. The molecule has 0 spiro atoms. The predicted molar refractivity (Wildman–Crippen MR) is 63.1 cm³/mol. The van der Waals surface area contributed by atoms with E-state index in [2.05, 4.69) is 4.74 Å². The van der Waals surface area contributed by atoms with E-state index in [1.165, 1.54) is 7.11 Å². The van der Waals surface area contributed by atoms with E-state index in [0.717, 1.165) is 11.1 Å². The molecule has 1 aliphatic rings. The number of esters is 1. The molecule has 0 amide bonds. The Balaban J connectivity index is 2.40. The maximum atomic E-state index is 11.6. The minimum absolute atomic E-state index is 0.388. The first-order chi connectivity index (χ1) is 8.60. The van der Waals surface area contributed by atoms with Crippen LogP contribution in [0.1, 0.15) is 17.0 Å². The number of nitriles is 2. The minimum atomic E-state index is -1.28. The second kappa shape index (κ2) is 4.16. The highest BCUT2D eigenvalue weighted by molar-refractivity contribution is 5.82. The van der Waals surface area contributed by atoms with E-state index in [9.17, 15) is 15.3 Å². The van der Waals surface area contributed by atoms with Gasteiger partial charge in [-0.05, 0) is 12.5 Å². The Hall–Kier alpha value is -2.33. The number of carbonyl (C=O) groups is 1. The maximum Gasteiger partial charge on any atom is 0.312 e. The highest BCUT2D eigenvalue weighted by Crippen LogP contribution is 2.64. The van der Waals surface area contributed by atoms with Crippen LogP contribution in [0.25, 0.3) is 0 Å². The van der Waals surface area contributed by atoms with Gasteiger partial charge in [-0.2, -0.15) is 10.5 Å². The Morgan fingerprint density at radius 3 is 2.28 bits per heavy atom. The van der Waals surface area contributed by atoms with Crippen molar-refractivity contribution < 1.29 is 9.53 Å². The lowest BCUT2D eigenvalue weighted by atomic mass is 10.0. The average Bonchev–Trinajstić information content (AvgIpc) is 3.08. The molecule has 0 N–H and O–H groups in total. The van der Waals surface area contributed by atoms with Crippen molar-refractivity contribution in [1.29, 1.82) is 10.5 Å². The molecule has 2 rings (SSSR count). The number of hydrogen-bond donors (Lipinski definition) is 0. The Bertz CT molecular complexity index is 549. The van der Waals surface area contributed by atoms with E-state index >= 15 is 0 Å². The summed E-state index contributed by atoms with van der Waals surface area (Å²) in [5.41, 5.74) is 0.648. The van der Waals surface area contributed by atoms with Crippen LogP contribution in [0.5, 0.6) is 0 Å². The number of hydrogen-bond acceptors (Lipinski definition) is 4. The van der Waals surface area contributed by atoms with Crippen LogP contribution in [0.2, 0.25) is 0 Å². The van der Waals surface area contributed by atoms with Gasteiger partial charge in [0.25, 0.3) is 0 Å². The summed E-state index contributed by atoms with van der Waals surface area (Å²) in [5, 5.41) is 18.4. The third kappa shape index (κ3) is 1.55. The molecule has 1 aromatic carbocycles. The van der Waals surface area contributed by atoms with Crippen LogP contribution in [0.15, 0.2) is 24.3 Å². The molecule has 0 heterocycles. The summed E-state index contributed by atoms with van der Waals surface area (Å²) < 4.78 is 4.67. The van der Waals surface area contributed by atoms with Crippen LogP contribution >= 0.6 is 0 Å². The van der Waals surface area contributed by atoms with Crippen molar-refractivity contribution in [3.8, 4) is 12.1 Å². The molecule has 0 aliphatic heterocycles. The lowest BCUT2D eigenvalue weighted by molar-refractivity contribution is -0.142. The molecule has 0 unspecified atom stereocenters. The second-order valence-corrected chi connectivity index (χ2v) is 4.48. The normalized spacial score (nSPS) is 23.6. The summed E-state index contributed by atoms with van der Waals surface area (Å²) in [5.74, 6) is -1.57. The zero-order chi connectivity index (χ0) is 13.3. The highest BCUT2D eigenvalue weighted by Gasteiger charge is 2.71. The fourth-order valence-corrected chi connectivity index (χ4v) is 2.37.